The predicted molar refractivity (Wildman–Crippen MR) is 80.5 cm³/mol. The molecule has 0 aliphatic rings. The van der Waals surface area contributed by atoms with Crippen LogP contribution in [-0.4, -0.2) is 38.2 Å². The van der Waals surface area contributed by atoms with E-state index in [1.165, 1.54) is 6.07 Å². The average molecular weight is 307 g/mol. The summed E-state index contributed by atoms with van der Waals surface area (Å²) in [5.41, 5.74) is 1.40. The number of esters is 1. The minimum atomic E-state index is -1.54. The molecule has 0 aromatic heterocycles. The van der Waals surface area contributed by atoms with Crippen LogP contribution in [0.3, 0.4) is 0 Å². The maximum absolute atomic E-state index is 11.9. The Labute approximate surface area is 127 Å². The first kappa shape index (κ1) is 17.2. The zero-order valence-corrected chi connectivity index (χ0v) is 12.2. The van der Waals surface area contributed by atoms with Crippen LogP contribution < -0.4 is 16.0 Å². The molecule has 3 N–H and O–H groups in total. The quantitative estimate of drug-likeness (QED) is 0.368. The fourth-order valence-electron chi connectivity index (χ4n) is 1.70. The molecule has 1 unspecified atom stereocenters. The van der Waals surface area contributed by atoms with Crippen LogP contribution in [0.5, 0.6) is 0 Å². The Hall–Kier alpha value is -2.90. The molecule has 0 radical (unpaired) electrons. The van der Waals surface area contributed by atoms with Gasteiger partial charge in [0.1, 0.15) is 6.29 Å². The molecule has 1 aromatic rings. The van der Waals surface area contributed by atoms with Crippen molar-refractivity contribution in [2.75, 3.05) is 29.6 Å². The van der Waals surface area contributed by atoms with E-state index >= 15 is 0 Å². The fourth-order valence-corrected chi connectivity index (χ4v) is 1.70. The van der Waals surface area contributed by atoms with Gasteiger partial charge >= 0.3 is 5.97 Å². The molecule has 0 spiro atoms. The summed E-state index contributed by atoms with van der Waals surface area (Å²) >= 11 is 0. The zero-order chi connectivity index (χ0) is 16.5. The maximum Gasteiger partial charge on any atom is 0.325 e. The Bertz CT molecular complexity index is 574. The van der Waals surface area contributed by atoms with E-state index < -0.39 is 17.8 Å². The molecule has 22 heavy (non-hydrogen) atoms. The summed E-state index contributed by atoms with van der Waals surface area (Å²) in [6.45, 7) is 1.65. The highest BCUT2D eigenvalue weighted by atomic mass is 16.5. The summed E-state index contributed by atoms with van der Waals surface area (Å²) in [6, 6.07) is 4.68. The van der Waals surface area contributed by atoms with E-state index in [4.69, 9.17) is 0 Å². The molecule has 0 saturated carbocycles. The number of rotatable bonds is 8. The topological polar surface area (TPSA) is 114 Å². The lowest BCUT2D eigenvalue weighted by molar-refractivity contribution is -0.151. The number of anilines is 3. The van der Waals surface area contributed by atoms with E-state index in [0.29, 0.717) is 23.5 Å². The molecule has 0 fully saturated rings. The second kappa shape index (κ2) is 8.40. The SMILES string of the molecule is CCOC(=O)C(C=O)C(=O)Nc1ccc(NC)c(NC=O)c1. The van der Waals surface area contributed by atoms with Gasteiger partial charge in [0.2, 0.25) is 12.3 Å². The van der Waals surface area contributed by atoms with Crippen molar-refractivity contribution in [1.82, 2.24) is 0 Å². The molecule has 118 valence electrons. The summed E-state index contributed by atoms with van der Waals surface area (Å²) in [4.78, 5) is 44.9. The monoisotopic (exact) mass is 307 g/mol. The van der Waals surface area contributed by atoms with Crippen LogP contribution >= 0.6 is 0 Å². The van der Waals surface area contributed by atoms with Gasteiger partial charge in [0, 0.05) is 12.7 Å². The van der Waals surface area contributed by atoms with Crippen molar-refractivity contribution in [3.63, 3.8) is 0 Å². The van der Waals surface area contributed by atoms with Crippen molar-refractivity contribution in [1.29, 1.82) is 0 Å². The Morgan fingerprint density at radius 1 is 1.27 bits per heavy atom. The second-order valence-corrected chi connectivity index (χ2v) is 4.13. The third-order valence-electron chi connectivity index (χ3n) is 2.73. The molecule has 8 nitrogen and oxygen atoms in total. The summed E-state index contributed by atoms with van der Waals surface area (Å²) in [5, 5.41) is 7.76. The van der Waals surface area contributed by atoms with Gasteiger partial charge in [-0.25, -0.2) is 0 Å². The Morgan fingerprint density at radius 3 is 2.55 bits per heavy atom. The highest BCUT2D eigenvalue weighted by molar-refractivity contribution is 6.14. The Kier molecular flexibility index (Phi) is 6.55. The molecular weight excluding hydrogens is 290 g/mol. The van der Waals surface area contributed by atoms with Gasteiger partial charge in [0.25, 0.3) is 0 Å². The van der Waals surface area contributed by atoms with Crippen molar-refractivity contribution >= 4 is 41.6 Å². The zero-order valence-electron chi connectivity index (χ0n) is 12.2. The molecule has 2 amide bonds. The number of hydrogen-bond donors (Lipinski definition) is 3. The van der Waals surface area contributed by atoms with E-state index in [9.17, 15) is 19.2 Å². The number of nitrogens with one attached hydrogen (secondary N) is 3. The van der Waals surface area contributed by atoms with E-state index in [2.05, 4.69) is 20.7 Å². The number of benzene rings is 1. The molecule has 1 aromatic carbocycles. The maximum atomic E-state index is 11.9. The normalized spacial score (nSPS) is 11.0. The average Bonchev–Trinajstić information content (AvgIpc) is 2.49. The van der Waals surface area contributed by atoms with Crippen molar-refractivity contribution < 1.29 is 23.9 Å². The van der Waals surface area contributed by atoms with Gasteiger partial charge in [-0.1, -0.05) is 0 Å². The first-order valence-electron chi connectivity index (χ1n) is 6.52. The van der Waals surface area contributed by atoms with Gasteiger partial charge in [0.05, 0.1) is 18.0 Å². The Morgan fingerprint density at radius 2 is 2.00 bits per heavy atom. The minimum Gasteiger partial charge on any atom is -0.465 e. The van der Waals surface area contributed by atoms with Crippen molar-refractivity contribution in [2.24, 2.45) is 5.92 Å². The van der Waals surface area contributed by atoms with Crippen LogP contribution in [0, 0.1) is 5.92 Å². The van der Waals surface area contributed by atoms with Crippen LogP contribution in [0.4, 0.5) is 17.1 Å². The van der Waals surface area contributed by atoms with Crippen LogP contribution in [0.25, 0.3) is 0 Å². The second-order valence-electron chi connectivity index (χ2n) is 4.13. The third-order valence-corrected chi connectivity index (χ3v) is 2.73. The number of hydrogen-bond acceptors (Lipinski definition) is 6. The van der Waals surface area contributed by atoms with Gasteiger partial charge < -0.3 is 25.5 Å². The van der Waals surface area contributed by atoms with Crippen molar-refractivity contribution in [3.05, 3.63) is 18.2 Å². The van der Waals surface area contributed by atoms with Crippen LogP contribution in [-0.2, 0) is 23.9 Å². The highest BCUT2D eigenvalue weighted by Crippen LogP contribution is 2.25. The van der Waals surface area contributed by atoms with Gasteiger partial charge in [0.15, 0.2) is 5.92 Å². The van der Waals surface area contributed by atoms with Crippen LogP contribution in [0.15, 0.2) is 18.2 Å². The number of aldehydes is 1. The Balaban J connectivity index is 2.91. The number of amides is 2. The summed E-state index contributed by atoms with van der Waals surface area (Å²) in [7, 11) is 1.67. The number of ether oxygens (including phenoxy) is 1. The number of carbonyl (C=O) groups is 4. The van der Waals surface area contributed by atoms with E-state index in [0.717, 1.165) is 0 Å². The fraction of sp³-hybridized carbons (Fsp3) is 0.286. The predicted octanol–water partition coefficient (Wildman–Crippen LogP) is 0.613. The molecule has 0 saturated heterocycles. The molecule has 8 heteroatoms. The lowest BCUT2D eigenvalue weighted by Gasteiger charge is -2.13. The van der Waals surface area contributed by atoms with Crippen molar-refractivity contribution in [3.8, 4) is 0 Å². The molecule has 1 atom stereocenters. The van der Waals surface area contributed by atoms with E-state index in [-0.39, 0.29) is 12.9 Å². The standard InChI is InChI=1S/C14H17N3O5/c1-3-22-14(21)10(7-18)13(20)17-9-4-5-11(15-2)12(6-9)16-8-19/h4-8,10,15H,3H2,1-2H3,(H,16,19)(H,17,20). The van der Waals surface area contributed by atoms with Crippen LogP contribution in [0.2, 0.25) is 0 Å². The first-order valence-corrected chi connectivity index (χ1v) is 6.52. The lowest BCUT2D eigenvalue weighted by Crippen LogP contribution is -2.32. The van der Waals surface area contributed by atoms with Crippen molar-refractivity contribution in [2.45, 2.75) is 6.92 Å². The lowest BCUT2D eigenvalue weighted by atomic mass is 10.1. The smallest absolute Gasteiger partial charge is 0.325 e. The van der Waals surface area contributed by atoms with E-state index in [1.54, 1.807) is 26.1 Å². The number of carbonyl (C=O) groups excluding carboxylic acids is 4. The molecule has 0 aliphatic heterocycles. The molecule has 0 heterocycles. The van der Waals surface area contributed by atoms with Crippen LogP contribution in [0.1, 0.15) is 6.92 Å². The van der Waals surface area contributed by atoms with Gasteiger partial charge in [-0.2, -0.15) is 0 Å². The minimum absolute atomic E-state index is 0.0702. The van der Waals surface area contributed by atoms with Gasteiger partial charge in [-0.15, -0.1) is 0 Å². The molecule has 0 aliphatic carbocycles. The molecule has 0 bridgehead atoms. The summed E-state index contributed by atoms with van der Waals surface area (Å²) in [5.74, 6) is -3.25. The van der Waals surface area contributed by atoms with Gasteiger partial charge in [-0.3, -0.25) is 14.4 Å². The molecular formula is C14H17N3O5. The van der Waals surface area contributed by atoms with E-state index in [1.807, 2.05) is 0 Å². The molecule has 1 rings (SSSR count). The summed E-state index contributed by atoms with van der Waals surface area (Å²) in [6.07, 6.45) is 0.717. The largest absolute Gasteiger partial charge is 0.465 e. The first-order chi connectivity index (χ1) is 10.6. The highest BCUT2D eigenvalue weighted by Gasteiger charge is 2.27. The summed E-state index contributed by atoms with van der Waals surface area (Å²) < 4.78 is 4.65. The third kappa shape index (κ3) is 4.30. The van der Waals surface area contributed by atoms with Gasteiger partial charge in [-0.05, 0) is 25.1 Å².